The number of thiazole rings is 1. The number of hydrogen-bond donors (Lipinski definition) is 0. The average molecular weight is 611 g/mol. The molecule has 4 aromatic rings. The first-order valence-corrected chi connectivity index (χ1v) is 15.8. The number of carbonyl (C=O) groups is 1. The summed E-state index contributed by atoms with van der Waals surface area (Å²) in [5.41, 5.74) is 5.74. The van der Waals surface area contributed by atoms with Crippen molar-refractivity contribution in [1.29, 1.82) is 0 Å². The minimum absolute atomic E-state index is 0.223. The predicted octanol–water partition coefficient (Wildman–Crippen LogP) is 6.21. The van der Waals surface area contributed by atoms with Gasteiger partial charge in [0.2, 0.25) is 0 Å². The fraction of sp³-hybridized carbons (Fsp3) is 0.306. The van der Waals surface area contributed by atoms with Gasteiger partial charge in [-0.1, -0.05) is 85.3 Å². The number of aryl methyl sites for hydroxylation is 1. The summed E-state index contributed by atoms with van der Waals surface area (Å²) in [5.74, 6) is 1.12. The Morgan fingerprint density at radius 2 is 1.75 bits per heavy atom. The molecule has 1 aliphatic heterocycles. The number of aromatic nitrogens is 1. The van der Waals surface area contributed by atoms with Crippen LogP contribution in [0.5, 0.6) is 11.5 Å². The van der Waals surface area contributed by atoms with E-state index in [1.165, 1.54) is 22.5 Å². The second kappa shape index (κ2) is 13.5. The highest BCUT2D eigenvalue weighted by molar-refractivity contribution is 7.07. The van der Waals surface area contributed by atoms with E-state index in [0.717, 1.165) is 16.7 Å². The van der Waals surface area contributed by atoms with Crippen LogP contribution in [-0.4, -0.2) is 23.8 Å². The molecule has 1 aliphatic rings. The third-order valence-corrected chi connectivity index (χ3v) is 8.46. The molecule has 0 fully saturated rings. The number of benzene rings is 3. The zero-order chi connectivity index (χ0) is 31.4. The number of carbonyl (C=O) groups excluding carboxylic acids is 1. The maximum Gasteiger partial charge on any atom is 0.338 e. The van der Waals surface area contributed by atoms with Crippen molar-refractivity contribution in [2.45, 2.75) is 60.1 Å². The summed E-state index contributed by atoms with van der Waals surface area (Å²) in [6.45, 7) is 12.9. The molecule has 0 amide bonds. The van der Waals surface area contributed by atoms with Crippen LogP contribution in [0.1, 0.15) is 74.4 Å². The lowest BCUT2D eigenvalue weighted by atomic mass is 9.93. The molecule has 0 saturated heterocycles. The minimum atomic E-state index is -0.648. The van der Waals surface area contributed by atoms with Crippen molar-refractivity contribution in [3.8, 4) is 11.5 Å². The van der Waals surface area contributed by atoms with Gasteiger partial charge in [0.1, 0.15) is 6.61 Å². The smallest absolute Gasteiger partial charge is 0.338 e. The van der Waals surface area contributed by atoms with Crippen LogP contribution < -0.4 is 24.4 Å². The molecule has 1 aromatic heterocycles. The van der Waals surface area contributed by atoms with Crippen molar-refractivity contribution in [3.63, 3.8) is 0 Å². The normalized spacial score (nSPS) is 14.8. The lowest BCUT2D eigenvalue weighted by molar-refractivity contribution is -0.139. The van der Waals surface area contributed by atoms with E-state index in [1.807, 2.05) is 67.6 Å². The Labute approximate surface area is 261 Å². The van der Waals surface area contributed by atoms with Gasteiger partial charge in [0, 0.05) is 0 Å². The molecule has 5 rings (SSSR count). The number of allylic oxidation sites excluding steroid dienone is 1. The summed E-state index contributed by atoms with van der Waals surface area (Å²) in [6, 6.07) is 21.3. The predicted molar refractivity (Wildman–Crippen MR) is 174 cm³/mol. The van der Waals surface area contributed by atoms with E-state index in [4.69, 9.17) is 19.2 Å². The van der Waals surface area contributed by atoms with Crippen molar-refractivity contribution in [3.05, 3.63) is 126 Å². The highest BCUT2D eigenvalue weighted by Gasteiger charge is 2.33. The van der Waals surface area contributed by atoms with Crippen molar-refractivity contribution in [2.75, 3.05) is 13.2 Å². The standard InChI is InChI=1S/C36H38N2O5S/c1-7-41-30-19-25(12-17-29(30)43-21-26-11-9-10-23(5)18-26)20-31-34(39)38-33(28-15-13-27(14-16-28)22(3)4)32(35(40)42-8-2)24(6)37-36(38)44-31/h9-20,22,33H,7-8,21H2,1-6H3. The molecule has 228 valence electrons. The van der Waals surface area contributed by atoms with Crippen LogP contribution in [0.3, 0.4) is 0 Å². The van der Waals surface area contributed by atoms with Gasteiger partial charge in [0.15, 0.2) is 16.3 Å². The Morgan fingerprint density at radius 3 is 2.43 bits per heavy atom. The molecule has 0 bridgehead atoms. The van der Waals surface area contributed by atoms with E-state index in [9.17, 15) is 9.59 Å². The Balaban J connectivity index is 1.55. The molecule has 0 aliphatic carbocycles. The molecule has 1 unspecified atom stereocenters. The molecule has 0 N–H and O–H groups in total. The van der Waals surface area contributed by atoms with Gasteiger partial charge in [-0.15, -0.1) is 0 Å². The maximum absolute atomic E-state index is 14.0. The first kappa shape index (κ1) is 31.0. The molecule has 1 atom stereocenters. The van der Waals surface area contributed by atoms with Crippen LogP contribution in [0.15, 0.2) is 87.8 Å². The summed E-state index contributed by atoms with van der Waals surface area (Å²) in [7, 11) is 0. The number of hydrogen-bond acceptors (Lipinski definition) is 7. The van der Waals surface area contributed by atoms with E-state index in [0.29, 0.717) is 51.2 Å². The number of esters is 1. The Hall–Kier alpha value is -4.43. The van der Waals surface area contributed by atoms with Crippen molar-refractivity contribution in [2.24, 2.45) is 4.99 Å². The van der Waals surface area contributed by atoms with E-state index in [-0.39, 0.29) is 12.2 Å². The number of ether oxygens (including phenoxy) is 3. The third-order valence-electron chi connectivity index (χ3n) is 7.48. The molecule has 7 nitrogen and oxygen atoms in total. The minimum Gasteiger partial charge on any atom is -0.490 e. The monoisotopic (exact) mass is 610 g/mol. The van der Waals surface area contributed by atoms with E-state index in [2.05, 4.69) is 32.9 Å². The zero-order valence-corrected chi connectivity index (χ0v) is 26.9. The zero-order valence-electron chi connectivity index (χ0n) is 26.0. The topological polar surface area (TPSA) is 79.1 Å². The summed E-state index contributed by atoms with van der Waals surface area (Å²) in [4.78, 5) is 32.4. The summed E-state index contributed by atoms with van der Waals surface area (Å²) in [6.07, 6.45) is 1.83. The lowest BCUT2D eigenvalue weighted by Gasteiger charge is -2.25. The molecule has 2 heterocycles. The highest BCUT2D eigenvalue weighted by atomic mass is 32.1. The Bertz CT molecular complexity index is 1880. The van der Waals surface area contributed by atoms with Crippen LogP contribution in [0.25, 0.3) is 6.08 Å². The molecular formula is C36H38N2O5S. The van der Waals surface area contributed by atoms with Crippen LogP contribution in [0, 0.1) is 6.92 Å². The van der Waals surface area contributed by atoms with Gasteiger partial charge < -0.3 is 14.2 Å². The fourth-order valence-electron chi connectivity index (χ4n) is 5.29. The Morgan fingerprint density at radius 1 is 0.977 bits per heavy atom. The van der Waals surface area contributed by atoms with Gasteiger partial charge in [-0.2, -0.15) is 0 Å². The van der Waals surface area contributed by atoms with Crippen molar-refractivity contribution < 1.29 is 19.0 Å². The van der Waals surface area contributed by atoms with Crippen LogP contribution in [0.4, 0.5) is 0 Å². The maximum atomic E-state index is 14.0. The summed E-state index contributed by atoms with van der Waals surface area (Å²) in [5, 5.41) is 0. The van der Waals surface area contributed by atoms with Gasteiger partial charge >= 0.3 is 5.97 Å². The highest BCUT2D eigenvalue weighted by Crippen LogP contribution is 2.32. The second-order valence-corrected chi connectivity index (χ2v) is 12.0. The van der Waals surface area contributed by atoms with Crippen molar-refractivity contribution in [1.82, 2.24) is 4.57 Å². The van der Waals surface area contributed by atoms with Gasteiger partial charge in [-0.3, -0.25) is 9.36 Å². The average Bonchev–Trinajstić information content (AvgIpc) is 3.30. The van der Waals surface area contributed by atoms with Gasteiger partial charge in [-0.25, -0.2) is 9.79 Å². The van der Waals surface area contributed by atoms with Gasteiger partial charge in [0.25, 0.3) is 5.56 Å². The molecule has 0 radical (unpaired) electrons. The molecular weight excluding hydrogens is 572 g/mol. The molecule has 8 heteroatoms. The largest absolute Gasteiger partial charge is 0.490 e. The summed E-state index contributed by atoms with van der Waals surface area (Å²) < 4.78 is 19.6. The summed E-state index contributed by atoms with van der Waals surface area (Å²) >= 11 is 1.30. The third kappa shape index (κ3) is 6.55. The molecule has 3 aromatic carbocycles. The number of nitrogens with zero attached hydrogens (tertiary/aromatic N) is 2. The van der Waals surface area contributed by atoms with Crippen LogP contribution >= 0.6 is 11.3 Å². The lowest BCUT2D eigenvalue weighted by Crippen LogP contribution is -2.39. The first-order chi connectivity index (χ1) is 21.2. The van der Waals surface area contributed by atoms with E-state index >= 15 is 0 Å². The molecule has 0 saturated carbocycles. The molecule has 0 spiro atoms. The van der Waals surface area contributed by atoms with E-state index in [1.54, 1.807) is 18.4 Å². The quantitative estimate of drug-likeness (QED) is 0.200. The number of fused-ring (bicyclic) bond motifs is 1. The van der Waals surface area contributed by atoms with Gasteiger partial charge in [-0.05, 0) is 74.1 Å². The second-order valence-electron chi connectivity index (χ2n) is 11.0. The van der Waals surface area contributed by atoms with Crippen LogP contribution in [0.2, 0.25) is 0 Å². The van der Waals surface area contributed by atoms with Gasteiger partial charge in [0.05, 0.1) is 35.1 Å². The fourth-order valence-corrected chi connectivity index (χ4v) is 6.33. The Kier molecular flexibility index (Phi) is 9.49. The first-order valence-electron chi connectivity index (χ1n) is 14.9. The van der Waals surface area contributed by atoms with Crippen molar-refractivity contribution >= 4 is 23.4 Å². The van der Waals surface area contributed by atoms with E-state index < -0.39 is 12.0 Å². The number of rotatable bonds is 10. The van der Waals surface area contributed by atoms with Crippen LogP contribution in [-0.2, 0) is 16.1 Å². The molecule has 44 heavy (non-hydrogen) atoms. The SMILES string of the molecule is CCOC(=O)C1=C(C)N=c2sc(=Cc3ccc(OCc4cccc(C)c4)c(OCC)c3)c(=O)n2C1c1ccc(C(C)C)cc1.